The molecule has 105 valence electrons. The van der Waals surface area contributed by atoms with Crippen molar-refractivity contribution in [1.82, 2.24) is 20.4 Å². The number of nitrogens with zero attached hydrogens (tertiary/aromatic N) is 3. The number of pyridine rings is 1. The van der Waals surface area contributed by atoms with E-state index in [1.165, 1.54) is 0 Å². The first-order valence-corrected chi connectivity index (χ1v) is 6.65. The third-order valence-electron chi connectivity index (χ3n) is 3.61. The van der Waals surface area contributed by atoms with E-state index < -0.39 is 5.91 Å². The molecule has 0 saturated heterocycles. The largest absolute Gasteiger partial charge is 0.364 e. The number of aromatic nitrogens is 4. The highest BCUT2D eigenvalue weighted by atomic mass is 16.1. The third kappa shape index (κ3) is 1.81. The molecule has 0 atom stereocenters. The molecule has 0 aliphatic heterocycles. The number of hydrogen-bond acceptors (Lipinski definition) is 4. The molecule has 2 heterocycles. The van der Waals surface area contributed by atoms with Gasteiger partial charge in [-0.25, -0.2) is 4.98 Å². The van der Waals surface area contributed by atoms with Crippen LogP contribution in [0.4, 0.5) is 0 Å². The standard InChI is InChI=1S/C16H10N5O/c17-16(22)15-12-8-10(5-4-9(12)6-7-18-15)11-2-1-3-13-14(11)20-21-19-13/h1-6,8H,(H2,17,22)(H,19,20,21). The van der Waals surface area contributed by atoms with Crippen LogP contribution in [0.2, 0.25) is 0 Å². The van der Waals surface area contributed by atoms with E-state index in [4.69, 9.17) is 5.73 Å². The molecule has 22 heavy (non-hydrogen) atoms. The fraction of sp³-hybridized carbons (Fsp3) is 0. The molecule has 4 aromatic rings. The van der Waals surface area contributed by atoms with Crippen molar-refractivity contribution in [3.8, 4) is 11.1 Å². The highest BCUT2D eigenvalue weighted by Gasteiger charge is 2.11. The van der Waals surface area contributed by atoms with Gasteiger partial charge in [-0.3, -0.25) is 9.89 Å². The summed E-state index contributed by atoms with van der Waals surface area (Å²) in [5, 5.41) is 12.3. The van der Waals surface area contributed by atoms with Gasteiger partial charge in [0.1, 0.15) is 11.2 Å². The third-order valence-corrected chi connectivity index (χ3v) is 3.61. The van der Waals surface area contributed by atoms with Crippen LogP contribution in [0.5, 0.6) is 0 Å². The van der Waals surface area contributed by atoms with Crippen LogP contribution in [0.1, 0.15) is 10.5 Å². The van der Waals surface area contributed by atoms with Crippen molar-refractivity contribution in [3.05, 3.63) is 54.4 Å². The summed E-state index contributed by atoms with van der Waals surface area (Å²) in [6, 6.07) is 13.3. The van der Waals surface area contributed by atoms with E-state index >= 15 is 0 Å². The van der Waals surface area contributed by atoms with E-state index in [2.05, 4.69) is 26.6 Å². The fourth-order valence-corrected chi connectivity index (χ4v) is 2.57. The van der Waals surface area contributed by atoms with E-state index in [0.29, 0.717) is 5.39 Å². The molecular weight excluding hydrogens is 278 g/mol. The van der Waals surface area contributed by atoms with E-state index in [1.807, 2.05) is 36.4 Å². The lowest BCUT2D eigenvalue weighted by atomic mass is 9.99. The Labute approximate surface area is 125 Å². The van der Waals surface area contributed by atoms with Gasteiger partial charge in [-0.05, 0) is 29.1 Å². The number of benzene rings is 2. The summed E-state index contributed by atoms with van der Waals surface area (Å²) in [5.41, 5.74) is 9.08. The van der Waals surface area contributed by atoms with E-state index in [-0.39, 0.29) is 5.69 Å². The molecule has 0 bridgehead atoms. The Morgan fingerprint density at radius 1 is 1.23 bits per heavy atom. The predicted molar refractivity (Wildman–Crippen MR) is 82.0 cm³/mol. The van der Waals surface area contributed by atoms with Gasteiger partial charge < -0.3 is 5.73 Å². The normalized spacial score (nSPS) is 11.1. The summed E-state index contributed by atoms with van der Waals surface area (Å²) in [6.07, 6.45) is 2.69. The summed E-state index contributed by atoms with van der Waals surface area (Å²) >= 11 is 0. The summed E-state index contributed by atoms with van der Waals surface area (Å²) in [5.74, 6) is -0.571. The topological polar surface area (TPSA) is 97.6 Å². The number of nitrogens with two attached hydrogens (primary N) is 1. The molecule has 0 saturated carbocycles. The van der Waals surface area contributed by atoms with E-state index in [0.717, 1.165) is 27.5 Å². The molecule has 3 N–H and O–H groups in total. The number of primary amides is 1. The summed E-state index contributed by atoms with van der Waals surface area (Å²) in [4.78, 5) is 15.5. The lowest BCUT2D eigenvalue weighted by Crippen LogP contribution is -2.13. The number of nitrogens with one attached hydrogen (secondary N) is 1. The first kappa shape index (κ1) is 12.5. The Morgan fingerprint density at radius 3 is 3.00 bits per heavy atom. The molecule has 1 amide bonds. The minimum absolute atomic E-state index is 0.215. The van der Waals surface area contributed by atoms with Crippen molar-refractivity contribution < 1.29 is 4.79 Å². The van der Waals surface area contributed by atoms with Gasteiger partial charge in [-0.1, -0.05) is 29.5 Å². The second-order valence-electron chi connectivity index (χ2n) is 4.91. The van der Waals surface area contributed by atoms with Gasteiger partial charge in [0.2, 0.25) is 0 Å². The first-order chi connectivity index (χ1) is 10.7. The number of rotatable bonds is 2. The molecule has 0 aliphatic carbocycles. The number of H-pyrrole nitrogens is 1. The van der Waals surface area contributed by atoms with Crippen LogP contribution in [-0.2, 0) is 0 Å². The van der Waals surface area contributed by atoms with Crippen molar-refractivity contribution >= 4 is 27.7 Å². The highest BCUT2D eigenvalue weighted by Crippen LogP contribution is 2.29. The summed E-state index contributed by atoms with van der Waals surface area (Å²) in [7, 11) is 0. The van der Waals surface area contributed by atoms with Gasteiger partial charge in [0, 0.05) is 10.9 Å². The van der Waals surface area contributed by atoms with E-state index in [9.17, 15) is 4.79 Å². The Hall–Kier alpha value is -3.28. The molecule has 6 heteroatoms. The summed E-state index contributed by atoms with van der Waals surface area (Å²) in [6.45, 7) is 0. The second kappa shape index (κ2) is 4.63. The Morgan fingerprint density at radius 2 is 2.14 bits per heavy atom. The van der Waals surface area contributed by atoms with Gasteiger partial charge in [0.25, 0.3) is 5.91 Å². The van der Waals surface area contributed by atoms with Crippen molar-refractivity contribution in [2.45, 2.75) is 0 Å². The summed E-state index contributed by atoms with van der Waals surface area (Å²) < 4.78 is 0. The fourth-order valence-electron chi connectivity index (χ4n) is 2.57. The Balaban J connectivity index is 2.02. The quantitative estimate of drug-likeness (QED) is 0.590. The highest BCUT2D eigenvalue weighted by molar-refractivity contribution is 6.06. The minimum atomic E-state index is -0.571. The van der Waals surface area contributed by atoms with Crippen molar-refractivity contribution in [2.24, 2.45) is 5.73 Å². The van der Waals surface area contributed by atoms with Crippen LogP contribution >= 0.6 is 0 Å². The number of hydrogen-bond donors (Lipinski definition) is 2. The van der Waals surface area contributed by atoms with Crippen LogP contribution < -0.4 is 5.73 Å². The predicted octanol–water partition coefficient (Wildman–Crippen LogP) is 2.07. The molecule has 0 spiro atoms. The number of amides is 1. The zero-order valence-corrected chi connectivity index (χ0v) is 11.4. The van der Waals surface area contributed by atoms with Crippen LogP contribution in [0.3, 0.4) is 0 Å². The SMILES string of the molecule is NC(=O)c1n[c]cc2ccc(-c3cccc4[nH]nnc34)cc12. The smallest absolute Gasteiger partial charge is 0.267 e. The zero-order valence-electron chi connectivity index (χ0n) is 11.4. The molecular formula is C16H10N5O. The molecule has 0 fully saturated rings. The maximum atomic E-state index is 11.5. The Bertz CT molecular complexity index is 1020. The average molecular weight is 288 g/mol. The molecule has 2 aromatic heterocycles. The van der Waals surface area contributed by atoms with Crippen LogP contribution in [-0.4, -0.2) is 26.3 Å². The number of aromatic amines is 1. The molecule has 2 aromatic carbocycles. The van der Waals surface area contributed by atoms with Gasteiger partial charge in [-0.15, -0.1) is 5.10 Å². The van der Waals surface area contributed by atoms with Gasteiger partial charge >= 0.3 is 0 Å². The van der Waals surface area contributed by atoms with Gasteiger partial charge in [0.15, 0.2) is 0 Å². The lowest BCUT2D eigenvalue weighted by molar-refractivity contribution is 0.0997. The number of fused-ring (bicyclic) bond motifs is 2. The van der Waals surface area contributed by atoms with Crippen LogP contribution in [0.15, 0.2) is 42.5 Å². The molecule has 6 nitrogen and oxygen atoms in total. The van der Waals surface area contributed by atoms with Crippen molar-refractivity contribution in [2.75, 3.05) is 0 Å². The monoisotopic (exact) mass is 288 g/mol. The van der Waals surface area contributed by atoms with Crippen LogP contribution in [0, 0.1) is 6.20 Å². The number of carbonyl (C=O) groups is 1. The van der Waals surface area contributed by atoms with Gasteiger partial charge in [0.05, 0.1) is 11.7 Å². The molecule has 0 aliphatic rings. The maximum absolute atomic E-state index is 11.5. The van der Waals surface area contributed by atoms with Crippen LogP contribution in [0.25, 0.3) is 32.9 Å². The molecule has 1 radical (unpaired) electrons. The number of carbonyl (C=O) groups excluding carboxylic acids is 1. The zero-order chi connectivity index (χ0) is 15.1. The second-order valence-corrected chi connectivity index (χ2v) is 4.91. The van der Waals surface area contributed by atoms with Gasteiger partial charge in [-0.2, -0.15) is 0 Å². The maximum Gasteiger partial charge on any atom is 0.267 e. The molecule has 4 rings (SSSR count). The average Bonchev–Trinajstić information content (AvgIpc) is 3.02. The first-order valence-electron chi connectivity index (χ1n) is 6.65. The van der Waals surface area contributed by atoms with Crippen molar-refractivity contribution in [1.29, 1.82) is 0 Å². The lowest BCUT2D eigenvalue weighted by Gasteiger charge is -2.06. The van der Waals surface area contributed by atoms with E-state index in [1.54, 1.807) is 6.07 Å². The molecule has 0 unspecified atom stereocenters. The minimum Gasteiger partial charge on any atom is -0.364 e. The van der Waals surface area contributed by atoms with Crippen molar-refractivity contribution in [3.63, 3.8) is 0 Å². The Kier molecular flexibility index (Phi) is 2.62.